The minimum Gasteiger partial charge on any atom is -0.492 e. The zero-order valence-corrected chi connectivity index (χ0v) is 16.7. The molecule has 26 heavy (non-hydrogen) atoms. The van der Waals surface area contributed by atoms with E-state index in [-0.39, 0.29) is 30.7 Å². The lowest BCUT2D eigenvalue weighted by Gasteiger charge is -2.13. The van der Waals surface area contributed by atoms with E-state index in [1.807, 2.05) is 68.7 Å². The third-order valence-electron chi connectivity index (χ3n) is 3.56. The van der Waals surface area contributed by atoms with E-state index in [1.54, 1.807) is 0 Å². The molecule has 0 heterocycles. The van der Waals surface area contributed by atoms with Crippen molar-refractivity contribution in [3.8, 4) is 5.75 Å². The summed E-state index contributed by atoms with van der Waals surface area (Å²) in [7, 11) is 4.00. The van der Waals surface area contributed by atoms with Crippen LogP contribution in [0.15, 0.2) is 54.6 Å². The molecular formula is C19H27Cl2N3O2. The number of likely N-dealkylation sites (N-methyl/N-ethyl adjacent to an activating group) is 1. The van der Waals surface area contributed by atoms with Gasteiger partial charge < -0.3 is 20.7 Å². The van der Waals surface area contributed by atoms with E-state index in [1.165, 1.54) is 0 Å². The smallest absolute Gasteiger partial charge is 0.241 e. The van der Waals surface area contributed by atoms with Crippen LogP contribution in [0.25, 0.3) is 0 Å². The maximum Gasteiger partial charge on any atom is 0.241 e. The average molecular weight is 400 g/mol. The predicted molar refractivity (Wildman–Crippen MR) is 112 cm³/mol. The SMILES string of the molecule is CN(C)CCOc1ccc(NC(=O)[C@@H](N)Cc2ccccc2)cc1.Cl.Cl. The van der Waals surface area contributed by atoms with Crippen molar-refractivity contribution in [1.82, 2.24) is 4.90 Å². The van der Waals surface area contributed by atoms with Crippen molar-refractivity contribution in [3.05, 3.63) is 60.2 Å². The number of ether oxygens (including phenoxy) is 1. The van der Waals surface area contributed by atoms with Crippen LogP contribution in [0.2, 0.25) is 0 Å². The van der Waals surface area contributed by atoms with Crippen LogP contribution in [-0.2, 0) is 11.2 Å². The third kappa shape index (κ3) is 8.54. The van der Waals surface area contributed by atoms with Crippen LogP contribution >= 0.6 is 24.8 Å². The van der Waals surface area contributed by atoms with Gasteiger partial charge in [0.2, 0.25) is 5.91 Å². The van der Waals surface area contributed by atoms with E-state index in [0.717, 1.165) is 17.9 Å². The van der Waals surface area contributed by atoms with Crippen LogP contribution in [0.5, 0.6) is 5.75 Å². The van der Waals surface area contributed by atoms with Gasteiger partial charge in [0, 0.05) is 12.2 Å². The lowest BCUT2D eigenvalue weighted by molar-refractivity contribution is -0.117. The first-order valence-corrected chi connectivity index (χ1v) is 8.02. The Morgan fingerprint density at radius 1 is 1.08 bits per heavy atom. The molecule has 0 aliphatic carbocycles. The van der Waals surface area contributed by atoms with Crippen molar-refractivity contribution < 1.29 is 9.53 Å². The molecule has 7 heteroatoms. The van der Waals surface area contributed by atoms with Crippen LogP contribution in [0.4, 0.5) is 5.69 Å². The van der Waals surface area contributed by atoms with Crippen molar-refractivity contribution in [1.29, 1.82) is 0 Å². The highest BCUT2D eigenvalue weighted by molar-refractivity contribution is 5.94. The van der Waals surface area contributed by atoms with E-state index in [9.17, 15) is 4.79 Å². The molecule has 3 N–H and O–H groups in total. The Bertz CT molecular complexity index is 637. The molecular weight excluding hydrogens is 373 g/mol. The van der Waals surface area contributed by atoms with Gasteiger partial charge in [-0.2, -0.15) is 0 Å². The van der Waals surface area contributed by atoms with Crippen molar-refractivity contribution in [2.45, 2.75) is 12.5 Å². The predicted octanol–water partition coefficient (Wildman–Crippen LogP) is 2.98. The fourth-order valence-corrected chi connectivity index (χ4v) is 2.18. The Labute approximate surface area is 167 Å². The number of halogens is 2. The molecule has 0 unspecified atom stereocenters. The summed E-state index contributed by atoms with van der Waals surface area (Å²) in [5.41, 5.74) is 7.74. The van der Waals surface area contributed by atoms with Gasteiger partial charge in [0.15, 0.2) is 0 Å². The van der Waals surface area contributed by atoms with Gasteiger partial charge in [0.05, 0.1) is 6.04 Å². The normalized spacial score (nSPS) is 11.1. The number of carbonyl (C=O) groups excluding carboxylic acids is 1. The van der Waals surface area contributed by atoms with Crippen molar-refractivity contribution in [3.63, 3.8) is 0 Å². The molecule has 0 saturated heterocycles. The second kappa shape index (κ2) is 12.5. The number of nitrogens with zero attached hydrogens (tertiary/aromatic N) is 1. The van der Waals surface area contributed by atoms with Gasteiger partial charge in [0.25, 0.3) is 0 Å². The molecule has 2 aromatic rings. The van der Waals surface area contributed by atoms with Gasteiger partial charge in [-0.25, -0.2) is 0 Å². The van der Waals surface area contributed by atoms with E-state index < -0.39 is 6.04 Å². The molecule has 2 rings (SSSR count). The summed E-state index contributed by atoms with van der Waals surface area (Å²) in [6, 6.07) is 16.5. The monoisotopic (exact) mass is 399 g/mol. The first-order chi connectivity index (χ1) is 11.5. The zero-order valence-electron chi connectivity index (χ0n) is 15.1. The molecule has 5 nitrogen and oxygen atoms in total. The largest absolute Gasteiger partial charge is 0.492 e. The van der Waals surface area contributed by atoms with E-state index >= 15 is 0 Å². The number of hydrogen-bond acceptors (Lipinski definition) is 4. The summed E-state index contributed by atoms with van der Waals surface area (Å²) in [5, 5.41) is 2.84. The highest BCUT2D eigenvalue weighted by atomic mass is 35.5. The van der Waals surface area contributed by atoms with Gasteiger partial charge in [-0.05, 0) is 50.3 Å². The van der Waals surface area contributed by atoms with Gasteiger partial charge in [0.1, 0.15) is 12.4 Å². The highest BCUT2D eigenvalue weighted by Crippen LogP contribution is 2.16. The minimum atomic E-state index is -0.580. The van der Waals surface area contributed by atoms with Crippen LogP contribution in [0.3, 0.4) is 0 Å². The zero-order chi connectivity index (χ0) is 17.4. The molecule has 0 aromatic heterocycles. The first kappa shape index (κ1) is 24.2. The second-order valence-electron chi connectivity index (χ2n) is 5.96. The lowest BCUT2D eigenvalue weighted by atomic mass is 10.1. The molecule has 0 radical (unpaired) electrons. The molecule has 0 aliphatic rings. The van der Waals surface area contributed by atoms with Crippen molar-refractivity contribution in [2.75, 3.05) is 32.6 Å². The Morgan fingerprint density at radius 2 is 1.69 bits per heavy atom. The molecule has 0 fully saturated rings. The number of nitrogens with two attached hydrogens (primary N) is 1. The second-order valence-corrected chi connectivity index (χ2v) is 5.96. The topological polar surface area (TPSA) is 67.6 Å². The molecule has 0 bridgehead atoms. The summed E-state index contributed by atoms with van der Waals surface area (Å²) < 4.78 is 5.62. The Balaban J connectivity index is 0.00000312. The van der Waals surface area contributed by atoms with Crippen LogP contribution in [0.1, 0.15) is 5.56 Å². The molecule has 1 atom stereocenters. The number of benzene rings is 2. The number of carbonyl (C=O) groups is 1. The van der Waals surface area contributed by atoms with E-state index in [4.69, 9.17) is 10.5 Å². The lowest BCUT2D eigenvalue weighted by Crippen LogP contribution is -2.37. The number of rotatable bonds is 8. The fraction of sp³-hybridized carbons (Fsp3) is 0.316. The Morgan fingerprint density at radius 3 is 2.27 bits per heavy atom. The molecule has 0 spiro atoms. The van der Waals surface area contributed by atoms with E-state index in [2.05, 4.69) is 10.2 Å². The molecule has 2 aromatic carbocycles. The van der Waals surface area contributed by atoms with Gasteiger partial charge >= 0.3 is 0 Å². The quantitative estimate of drug-likeness (QED) is 0.715. The van der Waals surface area contributed by atoms with Gasteiger partial charge in [-0.1, -0.05) is 30.3 Å². The average Bonchev–Trinajstić information content (AvgIpc) is 2.57. The Kier molecular flexibility index (Phi) is 11.7. The van der Waals surface area contributed by atoms with Gasteiger partial charge in [-0.15, -0.1) is 24.8 Å². The maximum atomic E-state index is 12.2. The highest BCUT2D eigenvalue weighted by Gasteiger charge is 2.14. The summed E-state index contributed by atoms with van der Waals surface area (Å²) >= 11 is 0. The number of anilines is 1. The van der Waals surface area contributed by atoms with Crippen molar-refractivity contribution in [2.24, 2.45) is 5.73 Å². The molecule has 0 saturated carbocycles. The van der Waals surface area contributed by atoms with Crippen LogP contribution in [0, 0.1) is 0 Å². The van der Waals surface area contributed by atoms with E-state index in [0.29, 0.717) is 18.7 Å². The summed E-state index contributed by atoms with van der Waals surface area (Å²) in [6.07, 6.45) is 0.512. The number of hydrogen-bond donors (Lipinski definition) is 2. The fourth-order valence-electron chi connectivity index (χ4n) is 2.18. The van der Waals surface area contributed by atoms with Crippen LogP contribution < -0.4 is 15.8 Å². The molecule has 0 aliphatic heterocycles. The van der Waals surface area contributed by atoms with Crippen LogP contribution in [-0.4, -0.2) is 44.1 Å². The summed E-state index contributed by atoms with van der Waals surface area (Å²) in [4.78, 5) is 14.2. The standard InChI is InChI=1S/C19H25N3O2.2ClH/c1-22(2)12-13-24-17-10-8-16(9-11-17)21-19(23)18(20)14-15-6-4-3-5-7-15;;/h3-11,18H,12-14,20H2,1-2H3,(H,21,23);2*1H/t18-;;/m0../s1. The number of amides is 1. The summed E-state index contributed by atoms with van der Waals surface area (Å²) in [5.74, 6) is 0.587. The van der Waals surface area contributed by atoms with Gasteiger partial charge in [-0.3, -0.25) is 4.79 Å². The third-order valence-corrected chi connectivity index (χ3v) is 3.56. The summed E-state index contributed by atoms with van der Waals surface area (Å²) in [6.45, 7) is 1.48. The molecule has 144 valence electrons. The minimum absolute atomic E-state index is 0. The first-order valence-electron chi connectivity index (χ1n) is 8.02. The van der Waals surface area contributed by atoms with Crippen molar-refractivity contribution >= 4 is 36.4 Å². The Hall–Kier alpha value is -1.79. The molecule has 1 amide bonds. The maximum absolute atomic E-state index is 12.2. The number of nitrogens with one attached hydrogen (secondary N) is 1.